The first-order chi connectivity index (χ1) is 14.5. The van der Waals surface area contributed by atoms with Gasteiger partial charge in [-0.1, -0.05) is 62.4 Å². The first kappa shape index (κ1) is 20.2. The van der Waals surface area contributed by atoms with Gasteiger partial charge in [-0.2, -0.15) is 0 Å². The zero-order chi connectivity index (χ0) is 21.1. The normalized spacial score (nSPS) is 13.3. The molecule has 0 bridgehead atoms. The lowest BCUT2D eigenvalue weighted by Crippen LogP contribution is -2.28. The molecule has 1 aliphatic heterocycles. The van der Waals surface area contributed by atoms with Gasteiger partial charge < -0.3 is 10.2 Å². The Morgan fingerprint density at radius 3 is 2.53 bits per heavy atom. The van der Waals surface area contributed by atoms with Gasteiger partial charge in [-0.05, 0) is 66.1 Å². The van der Waals surface area contributed by atoms with Crippen LogP contribution in [-0.4, -0.2) is 12.5 Å². The van der Waals surface area contributed by atoms with Gasteiger partial charge in [0, 0.05) is 30.0 Å². The molecule has 0 fully saturated rings. The number of amides is 1. The van der Waals surface area contributed by atoms with E-state index in [0.717, 1.165) is 30.8 Å². The Bertz CT molecular complexity index is 1040. The number of carbonyl (C=O) groups excluding carboxylic acids is 1. The number of hydrogen-bond acceptors (Lipinski definition) is 2. The molecule has 3 aromatic rings. The zero-order valence-electron chi connectivity index (χ0n) is 18.1. The van der Waals surface area contributed by atoms with Crippen molar-refractivity contribution in [2.24, 2.45) is 0 Å². The molecule has 0 spiro atoms. The van der Waals surface area contributed by atoms with Crippen molar-refractivity contribution in [3.8, 4) is 0 Å². The number of anilines is 2. The van der Waals surface area contributed by atoms with Gasteiger partial charge in [0.2, 0.25) is 0 Å². The Kier molecular flexibility index (Phi) is 5.89. The van der Waals surface area contributed by atoms with Crippen molar-refractivity contribution in [2.75, 3.05) is 16.8 Å². The summed E-state index contributed by atoms with van der Waals surface area (Å²) in [5.74, 6) is 0.302. The monoisotopic (exact) mass is 398 g/mol. The molecule has 1 amide bonds. The van der Waals surface area contributed by atoms with Crippen LogP contribution < -0.4 is 10.2 Å². The molecule has 3 nitrogen and oxygen atoms in total. The largest absolute Gasteiger partial charge is 0.367 e. The predicted molar refractivity (Wildman–Crippen MR) is 125 cm³/mol. The number of aryl methyl sites for hydroxylation is 2. The molecule has 3 heteroatoms. The molecule has 1 aliphatic rings. The molecule has 154 valence electrons. The first-order valence-corrected chi connectivity index (χ1v) is 10.9. The molecule has 4 rings (SSSR count). The van der Waals surface area contributed by atoms with E-state index in [1.165, 1.54) is 28.8 Å². The van der Waals surface area contributed by atoms with Crippen LogP contribution in [0.5, 0.6) is 0 Å². The van der Waals surface area contributed by atoms with Gasteiger partial charge in [0.1, 0.15) is 0 Å². The minimum atomic E-state index is -0.0546. The van der Waals surface area contributed by atoms with E-state index in [2.05, 4.69) is 66.5 Å². The second-order valence-corrected chi connectivity index (χ2v) is 8.50. The molecular formula is C27H30N2O. The third-order valence-corrected chi connectivity index (χ3v) is 5.96. The molecule has 0 saturated heterocycles. The molecule has 1 N–H and O–H groups in total. The maximum absolute atomic E-state index is 12.9. The maximum atomic E-state index is 12.9. The molecule has 1 heterocycles. The number of nitrogens with one attached hydrogen (secondary N) is 1. The minimum absolute atomic E-state index is 0.0546. The van der Waals surface area contributed by atoms with E-state index in [0.29, 0.717) is 11.5 Å². The van der Waals surface area contributed by atoms with Gasteiger partial charge in [0.25, 0.3) is 5.91 Å². The number of nitrogens with zero attached hydrogens (tertiary/aromatic N) is 1. The van der Waals surface area contributed by atoms with Crippen LogP contribution in [0.2, 0.25) is 0 Å². The Balaban J connectivity index is 1.48. The SMILES string of the molecule is Cc1cccc(C(C)C)c1NC(=O)c1ccc(CN2CCCc3ccccc32)cc1. The van der Waals surface area contributed by atoms with Crippen molar-refractivity contribution < 1.29 is 4.79 Å². The van der Waals surface area contributed by atoms with Crippen molar-refractivity contribution in [3.63, 3.8) is 0 Å². The van der Waals surface area contributed by atoms with Crippen molar-refractivity contribution in [1.29, 1.82) is 0 Å². The Hall–Kier alpha value is -3.07. The van der Waals surface area contributed by atoms with Crippen LogP contribution in [0.1, 0.15) is 58.8 Å². The molecule has 0 aliphatic carbocycles. The number of hydrogen-bond donors (Lipinski definition) is 1. The summed E-state index contributed by atoms with van der Waals surface area (Å²) in [4.78, 5) is 15.3. The fraction of sp³-hybridized carbons (Fsp3) is 0.296. The van der Waals surface area contributed by atoms with Gasteiger partial charge >= 0.3 is 0 Å². The van der Waals surface area contributed by atoms with Crippen LogP contribution in [0.4, 0.5) is 11.4 Å². The smallest absolute Gasteiger partial charge is 0.255 e. The third-order valence-electron chi connectivity index (χ3n) is 5.96. The molecule has 0 aromatic heterocycles. The predicted octanol–water partition coefficient (Wildman–Crippen LogP) is 6.32. The van der Waals surface area contributed by atoms with Crippen LogP contribution in [0.15, 0.2) is 66.7 Å². The Morgan fingerprint density at radius 2 is 1.77 bits per heavy atom. The summed E-state index contributed by atoms with van der Waals surface area (Å²) in [6.45, 7) is 8.29. The molecule has 0 radical (unpaired) electrons. The molecule has 0 saturated carbocycles. The lowest BCUT2D eigenvalue weighted by Gasteiger charge is -2.31. The summed E-state index contributed by atoms with van der Waals surface area (Å²) in [7, 11) is 0. The van der Waals surface area contributed by atoms with Gasteiger partial charge in [0.15, 0.2) is 0 Å². The van der Waals surface area contributed by atoms with Gasteiger partial charge in [-0.3, -0.25) is 4.79 Å². The molecular weight excluding hydrogens is 368 g/mol. The maximum Gasteiger partial charge on any atom is 0.255 e. The van der Waals surface area contributed by atoms with Crippen LogP contribution in [0.3, 0.4) is 0 Å². The van der Waals surface area contributed by atoms with Crippen molar-refractivity contribution >= 4 is 17.3 Å². The first-order valence-electron chi connectivity index (χ1n) is 10.9. The van der Waals surface area contributed by atoms with Crippen molar-refractivity contribution in [1.82, 2.24) is 0 Å². The van der Waals surface area contributed by atoms with E-state index >= 15 is 0 Å². The van der Waals surface area contributed by atoms with Gasteiger partial charge in [-0.15, -0.1) is 0 Å². The van der Waals surface area contributed by atoms with Crippen LogP contribution in [0, 0.1) is 6.92 Å². The number of carbonyl (C=O) groups is 1. The molecule has 0 unspecified atom stereocenters. The van der Waals surface area contributed by atoms with Crippen LogP contribution in [-0.2, 0) is 13.0 Å². The third kappa shape index (κ3) is 4.25. The molecule has 0 atom stereocenters. The lowest BCUT2D eigenvalue weighted by molar-refractivity contribution is 0.102. The average Bonchev–Trinajstić information content (AvgIpc) is 2.75. The summed E-state index contributed by atoms with van der Waals surface area (Å²) in [6.07, 6.45) is 2.34. The highest BCUT2D eigenvalue weighted by atomic mass is 16.1. The van der Waals surface area contributed by atoms with Gasteiger partial charge in [0.05, 0.1) is 0 Å². The van der Waals surface area contributed by atoms with Crippen LogP contribution >= 0.6 is 0 Å². The van der Waals surface area contributed by atoms with E-state index in [4.69, 9.17) is 0 Å². The summed E-state index contributed by atoms with van der Waals surface area (Å²) >= 11 is 0. The van der Waals surface area contributed by atoms with Crippen molar-refractivity contribution in [2.45, 2.75) is 46.1 Å². The number of benzene rings is 3. The molecule has 30 heavy (non-hydrogen) atoms. The highest BCUT2D eigenvalue weighted by Crippen LogP contribution is 2.29. The topological polar surface area (TPSA) is 32.3 Å². The van der Waals surface area contributed by atoms with E-state index in [-0.39, 0.29) is 5.91 Å². The number of para-hydroxylation sites is 2. The zero-order valence-corrected chi connectivity index (χ0v) is 18.1. The molecule has 3 aromatic carbocycles. The summed E-state index contributed by atoms with van der Waals surface area (Å²) in [5.41, 5.74) is 7.88. The van der Waals surface area contributed by atoms with Gasteiger partial charge in [-0.25, -0.2) is 0 Å². The Morgan fingerprint density at radius 1 is 1.00 bits per heavy atom. The van der Waals surface area contributed by atoms with E-state index in [1.807, 2.05) is 31.2 Å². The standard InChI is InChI=1S/C27H30N2O/c1-19(2)24-11-6-8-20(3)26(24)28-27(30)23-15-13-21(14-16-23)18-29-17-7-10-22-9-4-5-12-25(22)29/h4-6,8-9,11-16,19H,7,10,17-18H2,1-3H3,(H,28,30). The Labute approximate surface area is 179 Å². The highest BCUT2D eigenvalue weighted by molar-refractivity contribution is 6.05. The lowest BCUT2D eigenvalue weighted by atomic mass is 9.98. The quantitative estimate of drug-likeness (QED) is 0.545. The average molecular weight is 399 g/mol. The highest BCUT2D eigenvalue weighted by Gasteiger charge is 2.17. The number of rotatable bonds is 5. The second kappa shape index (κ2) is 8.74. The summed E-state index contributed by atoms with van der Waals surface area (Å²) in [5, 5.41) is 3.14. The fourth-order valence-corrected chi connectivity index (χ4v) is 4.29. The minimum Gasteiger partial charge on any atom is -0.367 e. The van der Waals surface area contributed by atoms with Crippen molar-refractivity contribution in [3.05, 3.63) is 94.5 Å². The van der Waals surface area contributed by atoms with E-state index in [9.17, 15) is 4.79 Å². The second-order valence-electron chi connectivity index (χ2n) is 8.50. The number of fused-ring (bicyclic) bond motifs is 1. The fourth-order valence-electron chi connectivity index (χ4n) is 4.29. The van der Waals surface area contributed by atoms with Crippen LogP contribution in [0.25, 0.3) is 0 Å². The van der Waals surface area contributed by atoms with E-state index < -0.39 is 0 Å². The summed E-state index contributed by atoms with van der Waals surface area (Å²) < 4.78 is 0. The van der Waals surface area contributed by atoms with E-state index in [1.54, 1.807) is 0 Å². The summed E-state index contributed by atoms with van der Waals surface area (Å²) in [6, 6.07) is 22.9.